The SMILES string of the molecule is Cc1sc2[nH]c(=O)[nH]c(=O)c2c1C(N)=O. The molecule has 6 nitrogen and oxygen atoms in total. The number of nitrogens with two attached hydrogens (primary N) is 1. The Kier molecular flexibility index (Phi) is 1.97. The highest BCUT2D eigenvalue weighted by molar-refractivity contribution is 7.19. The van der Waals surface area contributed by atoms with Crippen molar-refractivity contribution in [1.29, 1.82) is 0 Å². The quantitative estimate of drug-likeness (QED) is 0.619. The van der Waals surface area contributed by atoms with E-state index in [1.807, 2.05) is 0 Å². The lowest BCUT2D eigenvalue weighted by molar-refractivity contribution is 0.100. The minimum absolute atomic E-state index is 0.157. The third kappa shape index (κ3) is 1.37. The number of rotatable bonds is 1. The lowest BCUT2D eigenvalue weighted by Gasteiger charge is -1.92. The van der Waals surface area contributed by atoms with Crippen molar-refractivity contribution in [3.05, 3.63) is 31.3 Å². The van der Waals surface area contributed by atoms with Gasteiger partial charge in [-0.25, -0.2) is 4.79 Å². The molecule has 0 fully saturated rings. The maximum absolute atomic E-state index is 11.5. The Hall–Kier alpha value is -1.89. The van der Waals surface area contributed by atoms with Crippen molar-refractivity contribution in [3.63, 3.8) is 0 Å². The van der Waals surface area contributed by atoms with Gasteiger partial charge in [-0.2, -0.15) is 0 Å². The largest absolute Gasteiger partial charge is 0.366 e. The standard InChI is InChI=1S/C8H7N3O3S/c1-2-3(5(9)12)4-6(13)10-8(14)11-7(4)15-2/h1H3,(H2,9,12)(H2,10,11,13,14). The summed E-state index contributed by atoms with van der Waals surface area (Å²) in [4.78, 5) is 39.0. The van der Waals surface area contributed by atoms with Crippen molar-refractivity contribution in [2.24, 2.45) is 5.73 Å². The van der Waals surface area contributed by atoms with Gasteiger partial charge in [0.25, 0.3) is 11.5 Å². The molecule has 0 aromatic carbocycles. The summed E-state index contributed by atoms with van der Waals surface area (Å²) < 4.78 is 0. The van der Waals surface area contributed by atoms with Crippen LogP contribution in [0.4, 0.5) is 0 Å². The van der Waals surface area contributed by atoms with Crippen LogP contribution in [0.5, 0.6) is 0 Å². The summed E-state index contributed by atoms with van der Waals surface area (Å²) >= 11 is 1.16. The van der Waals surface area contributed by atoms with Gasteiger partial charge in [0.2, 0.25) is 0 Å². The van der Waals surface area contributed by atoms with E-state index in [1.54, 1.807) is 6.92 Å². The van der Waals surface area contributed by atoms with E-state index >= 15 is 0 Å². The van der Waals surface area contributed by atoms with E-state index in [1.165, 1.54) is 0 Å². The number of H-pyrrole nitrogens is 2. The number of aromatic nitrogens is 2. The Bertz CT molecular complexity index is 664. The van der Waals surface area contributed by atoms with Crippen LogP contribution >= 0.6 is 11.3 Å². The van der Waals surface area contributed by atoms with Crippen LogP contribution in [-0.4, -0.2) is 15.9 Å². The molecule has 0 saturated carbocycles. The Balaban J connectivity index is 3.06. The number of primary amides is 1. The number of carbonyl (C=O) groups excluding carboxylic acids is 1. The Labute approximate surface area is 86.7 Å². The summed E-state index contributed by atoms with van der Waals surface area (Å²) in [7, 11) is 0. The van der Waals surface area contributed by atoms with Crippen molar-refractivity contribution in [2.45, 2.75) is 6.92 Å². The summed E-state index contributed by atoms with van der Waals surface area (Å²) in [5.74, 6) is -0.670. The molecule has 2 rings (SSSR count). The summed E-state index contributed by atoms with van der Waals surface area (Å²) in [5, 5.41) is 0.157. The lowest BCUT2D eigenvalue weighted by atomic mass is 10.2. The van der Waals surface area contributed by atoms with Gasteiger partial charge in [-0.15, -0.1) is 11.3 Å². The molecule has 2 aromatic heterocycles. The number of aryl methyl sites for hydroxylation is 1. The molecular weight excluding hydrogens is 218 g/mol. The molecule has 0 aliphatic carbocycles. The van der Waals surface area contributed by atoms with Crippen molar-refractivity contribution < 1.29 is 4.79 Å². The van der Waals surface area contributed by atoms with E-state index in [2.05, 4.69) is 9.97 Å². The van der Waals surface area contributed by atoms with Crippen LogP contribution < -0.4 is 17.0 Å². The third-order valence-electron chi connectivity index (χ3n) is 2.01. The average Bonchev–Trinajstić information content (AvgIpc) is 2.40. The zero-order valence-corrected chi connectivity index (χ0v) is 8.53. The molecule has 0 bridgehead atoms. The summed E-state index contributed by atoms with van der Waals surface area (Å²) in [5.41, 5.74) is 4.14. The first-order valence-electron chi connectivity index (χ1n) is 4.06. The van der Waals surface area contributed by atoms with Gasteiger partial charge in [0, 0.05) is 4.88 Å². The lowest BCUT2D eigenvalue weighted by Crippen LogP contribution is -2.23. The van der Waals surface area contributed by atoms with E-state index in [0.717, 1.165) is 11.3 Å². The van der Waals surface area contributed by atoms with E-state index in [9.17, 15) is 14.4 Å². The molecule has 0 aliphatic rings. The molecule has 2 heterocycles. The molecule has 2 aromatic rings. The highest BCUT2D eigenvalue weighted by Crippen LogP contribution is 2.25. The number of carbonyl (C=O) groups is 1. The highest BCUT2D eigenvalue weighted by atomic mass is 32.1. The van der Waals surface area contributed by atoms with Gasteiger partial charge in [0.05, 0.1) is 10.9 Å². The third-order valence-corrected chi connectivity index (χ3v) is 3.03. The molecule has 1 amide bonds. The number of hydrogen-bond acceptors (Lipinski definition) is 4. The Morgan fingerprint density at radius 3 is 2.60 bits per heavy atom. The molecule has 4 N–H and O–H groups in total. The summed E-state index contributed by atoms with van der Waals surface area (Å²) in [6, 6.07) is 0. The average molecular weight is 225 g/mol. The first-order valence-corrected chi connectivity index (χ1v) is 4.88. The van der Waals surface area contributed by atoms with Gasteiger partial charge < -0.3 is 5.73 Å². The first-order chi connectivity index (χ1) is 7.00. The fourth-order valence-corrected chi connectivity index (χ4v) is 2.50. The van der Waals surface area contributed by atoms with Crippen molar-refractivity contribution in [3.8, 4) is 0 Å². The topological polar surface area (TPSA) is 109 Å². The molecule has 0 unspecified atom stereocenters. The molecule has 0 atom stereocenters. The van der Waals surface area contributed by atoms with Gasteiger partial charge in [0.1, 0.15) is 4.83 Å². The van der Waals surface area contributed by atoms with Gasteiger partial charge >= 0.3 is 5.69 Å². The molecule has 0 radical (unpaired) electrons. The molecular formula is C8H7N3O3S. The van der Waals surface area contributed by atoms with Gasteiger partial charge in [-0.05, 0) is 6.92 Å². The summed E-state index contributed by atoms with van der Waals surface area (Å²) in [6.45, 7) is 1.67. The predicted molar refractivity (Wildman–Crippen MR) is 56.3 cm³/mol. The monoisotopic (exact) mass is 225 g/mol. The summed E-state index contributed by atoms with van der Waals surface area (Å²) in [6.07, 6.45) is 0. The molecule has 7 heteroatoms. The minimum atomic E-state index is -0.670. The predicted octanol–water partition coefficient (Wildman–Crippen LogP) is -0.315. The molecule has 0 spiro atoms. The van der Waals surface area contributed by atoms with Gasteiger partial charge in [-0.3, -0.25) is 19.6 Å². The number of hydrogen-bond donors (Lipinski definition) is 3. The fraction of sp³-hybridized carbons (Fsp3) is 0.125. The second-order valence-electron chi connectivity index (χ2n) is 3.01. The molecule has 0 aliphatic heterocycles. The normalized spacial score (nSPS) is 10.7. The smallest absolute Gasteiger partial charge is 0.326 e. The van der Waals surface area contributed by atoms with E-state index in [0.29, 0.717) is 9.71 Å². The first kappa shape index (κ1) is 9.66. The van der Waals surface area contributed by atoms with Gasteiger partial charge in [0.15, 0.2) is 0 Å². The second kappa shape index (κ2) is 3.06. The highest BCUT2D eigenvalue weighted by Gasteiger charge is 2.17. The van der Waals surface area contributed by atoms with Crippen LogP contribution in [0, 0.1) is 6.92 Å². The zero-order chi connectivity index (χ0) is 11.2. The fourth-order valence-electron chi connectivity index (χ4n) is 1.45. The van der Waals surface area contributed by atoms with Crippen molar-refractivity contribution in [2.75, 3.05) is 0 Å². The second-order valence-corrected chi connectivity index (χ2v) is 4.23. The number of fused-ring (bicyclic) bond motifs is 1. The maximum atomic E-state index is 11.5. The number of nitrogens with one attached hydrogen (secondary N) is 2. The van der Waals surface area contributed by atoms with E-state index < -0.39 is 17.2 Å². The van der Waals surface area contributed by atoms with Crippen LogP contribution in [0.2, 0.25) is 0 Å². The molecule has 78 valence electrons. The zero-order valence-electron chi connectivity index (χ0n) is 7.71. The molecule has 0 saturated heterocycles. The minimum Gasteiger partial charge on any atom is -0.366 e. The molecule has 15 heavy (non-hydrogen) atoms. The van der Waals surface area contributed by atoms with Crippen LogP contribution in [-0.2, 0) is 0 Å². The van der Waals surface area contributed by atoms with Crippen LogP contribution in [0.1, 0.15) is 15.2 Å². The van der Waals surface area contributed by atoms with Crippen molar-refractivity contribution >= 4 is 27.5 Å². The van der Waals surface area contributed by atoms with E-state index in [-0.39, 0.29) is 10.9 Å². The van der Waals surface area contributed by atoms with E-state index in [4.69, 9.17) is 5.73 Å². The number of amides is 1. The van der Waals surface area contributed by atoms with Crippen LogP contribution in [0.25, 0.3) is 10.2 Å². The Morgan fingerprint density at radius 2 is 2.00 bits per heavy atom. The van der Waals surface area contributed by atoms with Crippen LogP contribution in [0.15, 0.2) is 9.59 Å². The van der Waals surface area contributed by atoms with Crippen molar-refractivity contribution in [1.82, 2.24) is 9.97 Å². The Morgan fingerprint density at radius 1 is 1.33 bits per heavy atom. The maximum Gasteiger partial charge on any atom is 0.326 e. The number of thiophene rings is 1. The van der Waals surface area contributed by atoms with Gasteiger partial charge in [-0.1, -0.05) is 0 Å². The number of aromatic amines is 2. The van der Waals surface area contributed by atoms with Crippen LogP contribution in [0.3, 0.4) is 0 Å².